The molecule has 104 valence electrons. The van der Waals surface area contributed by atoms with E-state index in [0.717, 1.165) is 16.7 Å². The Bertz CT molecular complexity index is 476. The molecule has 1 rings (SSSR count). The van der Waals surface area contributed by atoms with E-state index in [9.17, 15) is 9.59 Å². The van der Waals surface area contributed by atoms with E-state index >= 15 is 0 Å². The van der Waals surface area contributed by atoms with E-state index in [-0.39, 0.29) is 6.61 Å². The lowest BCUT2D eigenvalue weighted by atomic mass is 9.94. The monoisotopic (exact) mass is 266 g/mol. The van der Waals surface area contributed by atoms with E-state index in [1.165, 1.54) is 0 Å². The minimum Gasteiger partial charge on any atom is -0.465 e. The molecule has 5 N–H and O–H groups in total. The third kappa shape index (κ3) is 3.96. The van der Waals surface area contributed by atoms with E-state index < -0.39 is 18.0 Å². The number of nitrogens with two attached hydrogens (primary N) is 1. The minimum absolute atomic E-state index is 0.289. The number of carboxylic acid groups (broad SMARTS) is 1. The molecule has 6 nitrogen and oxygen atoms in total. The van der Waals surface area contributed by atoms with Crippen LogP contribution < -0.4 is 11.1 Å². The van der Waals surface area contributed by atoms with Gasteiger partial charge in [-0.15, -0.1) is 0 Å². The summed E-state index contributed by atoms with van der Waals surface area (Å²) >= 11 is 0. The third-order valence-corrected chi connectivity index (χ3v) is 2.98. The summed E-state index contributed by atoms with van der Waals surface area (Å²) in [4.78, 5) is 21.7. The summed E-state index contributed by atoms with van der Waals surface area (Å²) in [5, 5.41) is 20.1. The van der Waals surface area contributed by atoms with Gasteiger partial charge in [-0.2, -0.15) is 0 Å². The molecule has 0 heterocycles. The van der Waals surface area contributed by atoms with Crippen molar-refractivity contribution < 1.29 is 19.8 Å². The first kappa shape index (κ1) is 15.0. The Morgan fingerprint density at radius 1 is 1.32 bits per heavy atom. The van der Waals surface area contributed by atoms with Gasteiger partial charge in [0.25, 0.3) is 0 Å². The number of rotatable bonds is 5. The molecule has 0 unspecified atom stereocenters. The molecule has 0 aliphatic heterocycles. The molecule has 0 saturated heterocycles. The highest BCUT2D eigenvalue weighted by Gasteiger charge is 2.15. The number of amides is 2. The van der Waals surface area contributed by atoms with Crippen LogP contribution in [0.1, 0.15) is 27.0 Å². The third-order valence-electron chi connectivity index (χ3n) is 2.98. The Morgan fingerprint density at radius 3 is 2.21 bits per heavy atom. The number of primary amides is 1. The lowest BCUT2D eigenvalue weighted by molar-refractivity contribution is 0.1000. The number of aliphatic hydroxyl groups excluding tert-OH is 1. The van der Waals surface area contributed by atoms with Gasteiger partial charge in [-0.25, -0.2) is 4.79 Å². The van der Waals surface area contributed by atoms with Crippen LogP contribution in [0.15, 0.2) is 12.1 Å². The summed E-state index contributed by atoms with van der Waals surface area (Å²) in [6.07, 6.45) is -0.817. The van der Waals surface area contributed by atoms with Gasteiger partial charge in [-0.05, 0) is 49.1 Å². The second kappa shape index (κ2) is 6.19. The quantitative estimate of drug-likeness (QED) is 0.624. The molecule has 0 radical (unpaired) electrons. The molecular weight excluding hydrogens is 248 g/mol. The zero-order chi connectivity index (χ0) is 14.6. The highest BCUT2D eigenvalue weighted by atomic mass is 16.4. The summed E-state index contributed by atoms with van der Waals surface area (Å²) in [5.41, 5.74) is 8.24. The molecule has 0 aliphatic carbocycles. The van der Waals surface area contributed by atoms with Crippen LogP contribution >= 0.6 is 0 Å². The fourth-order valence-corrected chi connectivity index (χ4v) is 2.04. The van der Waals surface area contributed by atoms with Crippen molar-refractivity contribution in [1.82, 2.24) is 5.32 Å². The van der Waals surface area contributed by atoms with Crippen molar-refractivity contribution in [2.24, 2.45) is 5.73 Å². The van der Waals surface area contributed by atoms with Crippen LogP contribution in [0.2, 0.25) is 0 Å². The summed E-state index contributed by atoms with van der Waals surface area (Å²) < 4.78 is 0. The lowest BCUT2D eigenvalue weighted by Gasteiger charge is -2.18. The number of aliphatic hydroxyl groups is 1. The van der Waals surface area contributed by atoms with Crippen LogP contribution in [0, 0.1) is 13.8 Å². The van der Waals surface area contributed by atoms with Crippen LogP contribution in [-0.4, -0.2) is 34.9 Å². The van der Waals surface area contributed by atoms with Crippen molar-refractivity contribution in [3.63, 3.8) is 0 Å². The molecule has 2 amide bonds. The Balaban J connectivity index is 3.01. The van der Waals surface area contributed by atoms with Gasteiger partial charge in [0.2, 0.25) is 5.91 Å². The Hall–Kier alpha value is -2.08. The number of aryl methyl sites for hydroxylation is 2. The molecule has 0 aliphatic rings. The van der Waals surface area contributed by atoms with E-state index in [1.54, 1.807) is 12.1 Å². The molecule has 0 aromatic heterocycles. The van der Waals surface area contributed by atoms with Gasteiger partial charge in [0.1, 0.15) is 0 Å². The largest absolute Gasteiger partial charge is 0.465 e. The maximum absolute atomic E-state index is 11.1. The number of carbonyl (C=O) groups excluding carboxylic acids is 1. The highest BCUT2D eigenvalue weighted by molar-refractivity contribution is 5.93. The van der Waals surface area contributed by atoms with Gasteiger partial charge in [-0.3, -0.25) is 4.79 Å². The van der Waals surface area contributed by atoms with Crippen molar-refractivity contribution in [2.75, 3.05) is 6.61 Å². The van der Waals surface area contributed by atoms with Crippen LogP contribution in [0.4, 0.5) is 4.79 Å². The molecule has 6 heteroatoms. The second-order valence-corrected chi connectivity index (χ2v) is 4.49. The van der Waals surface area contributed by atoms with Crippen molar-refractivity contribution in [3.8, 4) is 0 Å². The Kier molecular flexibility index (Phi) is 4.88. The van der Waals surface area contributed by atoms with Gasteiger partial charge < -0.3 is 21.3 Å². The number of hydrogen-bond acceptors (Lipinski definition) is 3. The van der Waals surface area contributed by atoms with Gasteiger partial charge in [0.05, 0.1) is 12.6 Å². The Morgan fingerprint density at radius 2 is 1.84 bits per heavy atom. The maximum atomic E-state index is 11.1. The van der Waals surface area contributed by atoms with Crippen molar-refractivity contribution in [2.45, 2.75) is 26.3 Å². The van der Waals surface area contributed by atoms with Crippen molar-refractivity contribution >= 4 is 12.0 Å². The van der Waals surface area contributed by atoms with Gasteiger partial charge in [0, 0.05) is 5.56 Å². The fraction of sp³-hybridized carbons (Fsp3) is 0.385. The molecule has 1 aromatic rings. The van der Waals surface area contributed by atoms with Crippen LogP contribution in [0.25, 0.3) is 0 Å². The van der Waals surface area contributed by atoms with Gasteiger partial charge >= 0.3 is 6.09 Å². The number of carbonyl (C=O) groups is 2. The van der Waals surface area contributed by atoms with E-state index in [1.807, 2.05) is 13.8 Å². The number of hydrogen-bond donors (Lipinski definition) is 4. The lowest BCUT2D eigenvalue weighted by Crippen LogP contribution is -2.38. The van der Waals surface area contributed by atoms with E-state index in [4.69, 9.17) is 15.9 Å². The van der Waals surface area contributed by atoms with Crippen LogP contribution in [-0.2, 0) is 6.42 Å². The molecule has 1 aromatic carbocycles. The van der Waals surface area contributed by atoms with E-state index in [0.29, 0.717) is 12.0 Å². The normalized spacial score (nSPS) is 11.9. The zero-order valence-corrected chi connectivity index (χ0v) is 10.9. The van der Waals surface area contributed by atoms with E-state index in [2.05, 4.69) is 5.32 Å². The SMILES string of the molecule is Cc1cc(C(N)=O)cc(C)c1C[C@@H](CO)NC(=O)O. The average Bonchev–Trinajstić information content (AvgIpc) is 2.31. The average molecular weight is 266 g/mol. The molecule has 0 saturated carbocycles. The molecular formula is C13H18N2O4. The van der Waals surface area contributed by atoms with Crippen molar-refractivity contribution in [1.29, 1.82) is 0 Å². The van der Waals surface area contributed by atoms with Crippen molar-refractivity contribution in [3.05, 3.63) is 34.4 Å². The maximum Gasteiger partial charge on any atom is 0.404 e. The summed E-state index contributed by atoms with van der Waals surface area (Å²) in [6.45, 7) is 3.36. The Labute approximate surface area is 111 Å². The minimum atomic E-state index is -1.18. The first-order valence-corrected chi connectivity index (χ1v) is 5.85. The number of nitrogens with one attached hydrogen (secondary N) is 1. The fourth-order valence-electron chi connectivity index (χ4n) is 2.04. The molecule has 0 bridgehead atoms. The number of benzene rings is 1. The first-order chi connectivity index (χ1) is 8.85. The molecule has 0 spiro atoms. The second-order valence-electron chi connectivity index (χ2n) is 4.49. The predicted octanol–water partition coefficient (Wildman–Crippen LogP) is 0.573. The zero-order valence-electron chi connectivity index (χ0n) is 10.9. The molecule has 1 atom stereocenters. The standard InChI is InChI=1S/C13H18N2O4/c1-7-3-9(12(14)17)4-8(2)11(7)5-10(6-16)15-13(18)19/h3-4,10,15-16H,5-6H2,1-2H3,(H2,14,17)(H,18,19)/t10-/m0/s1. The predicted molar refractivity (Wildman–Crippen MR) is 70.2 cm³/mol. The van der Waals surface area contributed by atoms with Crippen LogP contribution in [0.3, 0.4) is 0 Å². The van der Waals surface area contributed by atoms with Crippen LogP contribution in [0.5, 0.6) is 0 Å². The smallest absolute Gasteiger partial charge is 0.404 e. The van der Waals surface area contributed by atoms with Gasteiger partial charge in [-0.1, -0.05) is 0 Å². The molecule has 0 fully saturated rings. The topological polar surface area (TPSA) is 113 Å². The van der Waals surface area contributed by atoms with Gasteiger partial charge in [0.15, 0.2) is 0 Å². The summed E-state index contributed by atoms with van der Waals surface area (Å²) in [6, 6.07) is 2.76. The summed E-state index contributed by atoms with van der Waals surface area (Å²) in [7, 11) is 0. The highest BCUT2D eigenvalue weighted by Crippen LogP contribution is 2.18. The molecule has 19 heavy (non-hydrogen) atoms. The summed E-state index contributed by atoms with van der Waals surface area (Å²) in [5.74, 6) is -0.500. The first-order valence-electron chi connectivity index (χ1n) is 5.85.